The van der Waals surface area contributed by atoms with E-state index in [0.29, 0.717) is 0 Å². The molecule has 1 N–H and O–H groups in total. The van der Waals surface area contributed by atoms with E-state index in [-0.39, 0.29) is 6.10 Å². The van der Waals surface area contributed by atoms with E-state index >= 15 is 0 Å². The number of hydrogen-bond donors (Lipinski definition) is 1. The Balaban J connectivity index is 1.75. The normalized spacial score (nSPS) is 22.1. The van der Waals surface area contributed by atoms with Crippen LogP contribution in [0.15, 0.2) is 30.3 Å². The van der Waals surface area contributed by atoms with Crippen LogP contribution in [0.1, 0.15) is 17.7 Å². The number of aliphatic hydroxyl groups is 1. The molecule has 0 amide bonds. The molecule has 1 aromatic heterocycles. The Hall–Kier alpha value is -0.900. The number of thiophene rings is 1. The highest BCUT2D eigenvalue weighted by Crippen LogP contribution is 2.27. The smallest absolute Gasteiger partial charge is 0.0667 e. The van der Waals surface area contributed by atoms with E-state index in [2.05, 4.69) is 35.2 Å². The van der Waals surface area contributed by atoms with E-state index in [1.54, 1.807) is 0 Å². The van der Waals surface area contributed by atoms with Gasteiger partial charge in [-0.2, -0.15) is 0 Å². The van der Waals surface area contributed by atoms with Crippen LogP contribution in [0.5, 0.6) is 0 Å². The molecule has 2 nitrogen and oxygen atoms in total. The van der Waals surface area contributed by atoms with E-state index < -0.39 is 0 Å². The topological polar surface area (TPSA) is 23.5 Å². The SMILES string of the molecule is OC1CCCN(Cc2cc3ccccc3s2)C1. The Morgan fingerprint density at radius 2 is 2.24 bits per heavy atom. The monoisotopic (exact) mass is 247 g/mol. The first-order valence-electron chi connectivity index (χ1n) is 6.19. The third-order valence-electron chi connectivity index (χ3n) is 3.34. The number of aliphatic hydroxyl groups excluding tert-OH is 1. The maximum atomic E-state index is 9.66. The highest BCUT2D eigenvalue weighted by Gasteiger charge is 2.18. The van der Waals surface area contributed by atoms with Gasteiger partial charge in [0.2, 0.25) is 0 Å². The molecule has 0 bridgehead atoms. The van der Waals surface area contributed by atoms with Crippen molar-refractivity contribution in [2.24, 2.45) is 0 Å². The molecule has 3 heteroatoms. The van der Waals surface area contributed by atoms with Crippen molar-refractivity contribution in [2.45, 2.75) is 25.5 Å². The van der Waals surface area contributed by atoms with Crippen molar-refractivity contribution >= 4 is 21.4 Å². The van der Waals surface area contributed by atoms with Gasteiger partial charge in [0.25, 0.3) is 0 Å². The fourth-order valence-corrected chi connectivity index (χ4v) is 3.62. The molecule has 0 saturated carbocycles. The van der Waals surface area contributed by atoms with Crippen LogP contribution < -0.4 is 0 Å². The fraction of sp³-hybridized carbons (Fsp3) is 0.429. The summed E-state index contributed by atoms with van der Waals surface area (Å²) < 4.78 is 1.36. The average Bonchev–Trinajstić information content (AvgIpc) is 2.71. The van der Waals surface area contributed by atoms with Gasteiger partial charge in [0.15, 0.2) is 0 Å². The van der Waals surface area contributed by atoms with Gasteiger partial charge >= 0.3 is 0 Å². The van der Waals surface area contributed by atoms with E-state index in [9.17, 15) is 5.11 Å². The van der Waals surface area contributed by atoms with Crippen molar-refractivity contribution in [1.29, 1.82) is 0 Å². The number of benzene rings is 1. The van der Waals surface area contributed by atoms with Crippen molar-refractivity contribution in [2.75, 3.05) is 13.1 Å². The Morgan fingerprint density at radius 1 is 1.35 bits per heavy atom. The van der Waals surface area contributed by atoms with E-state index in [4.69, 9.17) is 0 Å². The third kappa shape index (κ3) is 2.51. The Kier molecular flexibility index (Phi) is 3.14. The average molecular weight is 247 g/mol. The minimum atomic E-state index is -0.127. The van der Waals surface area contributed by atoms with Gasteiger partial charge in [-0.1, -0.05) is 18.2 Å². The largest absolute Gasteiger partial charge is 0.392 e. The maximum absolute atomic E-state index is 9.66. The summed E-state index contributed by atoms with van der Waals surface area (Å²) in [6.07, 6.45) is 1.95. The summed E-state index contributed by atoms with van der Waals surface area (Å²) in [6, 6.07) is 10.8. The quantitative estimate of drug-likeness (QED) is 0.882. The zero-order chi connectivity index (χ0) is 11.7. The molecule has 17 heavy (non-hydrogen) atoms. The molecule has 0 spiro atoms. The standard InChI is InChI=1S/C14H17NOS/c16-12-5-3-7-15(9-12)10-13-8-11-4-1-2-6-14(11)17-13/h1-2,4,6,8,12,16H,3,5,7,9-10H2. The van der Waals surface area contributed by atoms with Gasteiger partial charge in [-0.3, -0.25) is 4.90 Å². The van der Waals surface area contributed by atoms with Crippen molar-refractivity contribution < 1.29 is 5.11 Å². The molecule has 2 aromatic rings. The number of β-amino-alcohol motifs (C(OH)–C–C–N with tert-alkyl or cyclic N) is 1. The van der Waals surface area contributed by atoms with E-state index in [0.717, 1.165) is 32.5 Å². The van der Waals surface area contributed by atoms with Crippen LogP contribution in [-0.4, -0.2) is 29.2 Å². The molecule has 1 unspecified atom stereocenters. The second kappa shape index (κ2) is 4.77. The van der Waals surface area contributed by atoms with Crippen LogP contribution >= 0.6 is 11.3 Å². The predicted octanol–water partition coefficient (Wildman–Crippen LogP) is 2.86. The number of likely N-dealkylation sites (tertiary alicyclic amines) is 1. The second-order valence-electron chi connectivity index (χ2n) is 4.78. The molecule has 1 aromatic carbocycles. The lowest BCUT2D eigenvalue weighted by Crippen LogP contribution is -2.37. The van der Waals surface area contributed by atoms with Crippen molar-refractivity contribution in [3.63, 3.8) is 0 Å². The highest BCUT2D eigenvalue weighted by molar-refractivity contribution is 7.19. The number of hydrogen-bond acceptors (Lipinski definition) is 3. The van der Waals surface area contributed by atoms with Gasteiger partial charge in [-0.05, 0) is 36.9 Å². The molecule has 1 atom stereocenters. The molecule has 1 saturated heterocycles. The first kappa shape index (κ1) is 11.2. The van der Waals surface area contributed by atoms with Crippen LogP contribution in [0.25, 0.3) is 10.1 Å². The van der Waals surface area contributed by atoms with Gasteiger partial charge in [-0.25, -0.2) is 0 Å². The Labute approximate surface area is 105 Å². The number of piperidine rings is 1. The lowest BCUT2D eigenvalue weighted by Gasteiger charge is -2.29. The molecule has 1 fully saturated rings. The zero-order valence-electron chi connectivity index (χ0n) is 9.80. The van der Waals surface area contributed by atoms with Crippen molar-refractivity contribution in [3.05, 3.63) is 35.2 Å². The maximum Gasteiger partial charge on any atom is 0.0667 e. The molecule has 0 aliphatic carbocycles. The number of nitrogens with zero attached hydrogens (tertiary/aromatic N) is 1. The van der Waals surface area contributed by atoms with Gasteiger partial charge < -0.3 is 5.11 Å². The molecule has 90 valence electrons. The van der Waals surface area contributed by atoms with Gasteiger partial charge in [0, 0.05) is 22.7 Å². The van der Waals surface area contributed by atoms with Gasteiger partial charge in [-0.15, -0.1) is 11.3 Å². The van der Waals surface area contributed by atoms with E-state index in [1.165, 1.54) is 15.0 Å². The fourth-order valence-electron chi connectivity index (χ4n) is 2.51. The van der Waals surface area contributed by atoms with Crippen LogP contribution in [0.4, 0.5) is 0 Å². The van der Waals surface area contributed by atoms with Crippen molar-refractivity contribution in [3.8, 4) is 0 Å². The van der Waals surface area contributed by atoms with Gasteiger partial charge in [0.1, 0.15) is 0 Å². The second-order valence-corrected chi connectivity index (χ2v) is 5.95. The first-order chi connectivity index (χ1) is 8.31. The minimum Gasteiger partial charge on any atom is -0.392 e. The van der Waals surface area contributed by atoms with Crippen LogP contribution in [0.3, 0.4) is 0 Å². The van der Waals surface area contributed by atoms with Crippen LogP contribution in [-0.2, 0) is 6.54 Å². The molecule has 1 aliphatic heterocycles. The summed E-state index contributed by atoms with van der Waals surface area (Å²) in [7, 11) is 0. The lowest BCUT2D eigenvalue weighted by atomic mass is 10.1. The molecule has 0 radical (unpaired) electrons. The Bertz CT molecular complexity index is 475. The van der Waals surface area contributed by atoms with Crippen LogP contribution in [0, 0.1) is 0 Å². The lowest BCUT2D eigenvalue weighted by molar-refractivity contribution is 0.0674. The summed E-state index contributed by atoms with van der Waals surface area (Å²) in [6.45, 7) is 2.93. The molecular formula is C14H17NOS. The predicted molar refractivity (Wildman–Crippen MR) is 72.3 cm³/mol. The molecule has 2 heterocycles. The summed E-state index contributed by atoms with van der Waals surface area (Å²) in [5.41, 5.74) is 0. The summed E-state index contributed by atoms with van der Waals surface area (Å²) in [4.78, 5) is 3.76. The summed E-state index contributed by atoms with van der Waals surface area (Å²) >= 11 is 1.87. The first-order valence-corrected chi connectivity index (χ1v) is 7.01. The molecule has 3 rings (SSSR count). The summed E-state index contributed by atoms with van der Waals surface area (Å²) in [5.74, 6) is 0. The number of fused-ring (bicyclic) bond motifs is 1. The molecule has 1 aliphatic rings. The zero-order valence-corrected chi connectivity index (χ0v) is 10.6. The van der Waals surface area contributed by atoms with Crippen LogP contribution in [0.2, 0.25) is 0 Å². The third-order valence-corrected chi connectivity index (χ3v) is 4.44. The Morgan fingerprint density at radius 3 is 3.06 bits per heavy atom. The van der Waals surface area contributed by atoms with Crippen molar-refractivity contribution in [1.82, 2.24) is 4.90 Å². The van der Waals surface area contributed by atoms with E-state index in [1.807, 2.05) is 11.3 Å². The highest BCUT2D eigenvalue weighted by atomic mass is 32.1. The number of rotatable bonds is 2. The molecular weight excluding hydrogens is 230 g/mol. The summed E-state index contributed by atoms with van der Waals surface area (Å²) in [5, 5.41) is 11.0. The van der Waals surface area contributed by atoms with Gasteiger partial charge in [0.05, 0.1) is 6.10 Å². The minimum absolute atomic E-state index is 0.127.